The molecule has 0 spiro atoms. The van der Waals surface area contributed by atoms with Gasteiger partial charge in [0.1, 0.15) is 0 Å². The minimum absolute atomic E-state index is 0.121. The van der Waals surface area contributed by atoms with E-state index in [9.17, 15) is 0 Å². The number of nitrogens with zero attached hydrogens (tertiary/aromatic N) is 1. The lowest BCUT2D eigenvalue weighted by molar-refractivity contribution is 0.543. The Labute approximate surface area is 93.1 Å². The summed E-state index contributed by atoms with van der Waals surface area (Å²) < 4.78 is 1.06. The first-order chi connectivity index (χ1) is 6.63. The van der Waals surface area contributed by atoms with E-state index in [4.69, 9.17) is 5.26 Å². The summed E-state index contributed by atoms with van der Waals surface area (Å²) >= 11 is 3.42. The number of hydrogen-bond acceptors (Lipinski definition) is 2. The van der Waals surface area contributed by atoms with Crippen LogP contribution in [0.1, 0.15) is 25.5 Å². The molecule has 0 heterocycles. The van der Waals surface area contributed by atoms with E-state index in [0.29, 0.717) is 0 Å². The van der Waals surface area contributed by atoms with Gasteiger partial charge >= 0.3 is 0 Å². The zero-order valence-corrected chi connectivity index (χ0v) is 9.88. The second-order valence-corrected chi connectivity index (χ2v) is 4.21. The van der Waals surface area contributed by atoms with E-state index < -0.39 is 0 Å². The quantitative estimate of drug-likeness (QED) is 0.898. The van der Waals surface area contributed by atoms with Crippen LogP contribution in [0.4, 0.5) is 0 Å². The summed E-state index contributed by atoms with van der Waals surface area (Å²) in [6.07, 6.45) is 0. The summed E-state index contributed by atoms with van der Waals surface area (Å²) in [7, 11) is 0. The van der Waals surface area contributed by atoms with Gasteiger partial charge in [0.05, 0.1) is 12.1 Å². The van der Waals surface area contributed by atoms with Gasteiger partial charge in [0.2, 0.25) is 0 Å². The van der Waals surface area contributed by atoms with E-state index >= 15 is 0 Å². The lowest BCUT2D eigenvalue weighted by atomic mass is 10.1. The summed E-state index contributed by atoms with van der Waals surface area (Å²) in [6, 6.07) is 10.3. The molecular weight excluding hydrogens is 240 g/mol. The Morgan fingerprint density at radius 3 is 2.71 bits per heavy atom. The molecule has 74 valence electrons. The van der Waals surface area contributed by atoms with E-state index in [0.717, 1.165) is 4.47 Å². The predicted octanol–water partition coefficient (Wildman–Crippen LogP) is 3.01. The molecule has 3 heteroatoms. The van der Waals surface area contributed by atoms with E-state index in [2.05, 4.69) is 40.3 Å². The Morgan fingerprint density at radius 1 is 1.43 bits per heavy atom. The maximum Gasteiger partial charge on any atom is 0.0929 e. The van der Waals surface area contributed by atoms with Gasteiger partial charge < -0.3 is 0 Å². The van der Waals surface area contributed by atoms with Crippen molar-refractivity contribution in [1.29, 1.82) is 5.26 Å². The minimum atomic E-state index is -0.121. The van der Waals surface area contributed by atoms with E-state index in [1.165, 1.54) is 5.56 Å². The first-order valence-electron chi connectivity index (χ1n) is 4.54. The SMILES string of the molecule is CC(C#N)N[C@H](C)c1cccc(Br)c1. The van der Waals surface area contributed by atoms with Crippen molar-refractivity contribution in [2.45, 2.75) is 25.9 Å². The predicted molar refractivity (Wildman–Crippen MR) is 60.8 cm³/mol. The lowest BCUT2D eigenvalue weighted by Gasteiger charge is -2.15. The molecule has 2 nitrogen and oxygen atoms in total. The van der Waals surface area contributed by atoms with Gasteiger partial charge in [-0.3, -0.25) is 5.32 Å². The third-order valence-corrected chi connectivity index (χ3v) is 2.54. The molecule has 0 aromatic heterocycles. The standard InChI is InChI=1S/C11H13BrN2/c1-8(7-13)14-9(2)10-4-3-5-11(12)6-10/h3-6,8-9,14H,1-2H3/t8?,9-/m1/s1. The molecule has 0 amide bonds. The Morgan fingerprint density at radius 2 is 2.14 bits per heavy atom. The monoisotopic (exact) mass is 252 g/mol. The zero-order chi connectivity index (χ0) is 10.6. The van der Waals surface area contributed by atoms with E-state index in [1.807, 2.05) is 25.1 Å². The molecule has 0 aliphatic carbocycles. The Bertz CT molecular complexity index is 343. The topological polar surface area (TPSA) is 35.8 Å². The van der Waals surface area contributed by atoms with Gasteiger partial charge in [-0.15, -0.1) is 0 Å². The van der Waals surface area contributed by atoms with E-state index in [-0.39, 0.29) is 12.1 Å². The van der Waals surface area contributed by atoms with Crippen LogP contribution in [-0.4, -0.2) is 6.04 Å². The Balaban J connectivity index is 2.70. The maximum absolute atomic E-state index is 8.66. The number of nitrogens with one attached hydrogen (secondary N) is 1. The maximum atomic E-state index is 8.66. The van der Waals surface area contributed by atoms with Crippen molar-refractivity contribution in [2.75, 3.05) is 0 Å². The van der Waals surface area contributed by atoms with Gasteiger partial charge in [-0.2, -0.15) is 5.26 Å². The molecule has 0 aliphatic rings. The lowest BCUT2D eigenvalue weighted by Crippen LogP contribution is -2.27. The molecule has 1 N–H and O–H groups in total. The third kappa shape index (κ3) is 3.13. The normalized spacial score (nSPS) is 14.4. The molecule has 1 aromatic rings. The first kappa shape index (κ1) is 11.2. The van der Waals surface area contributed by atoms with Crippen LogP contribution in [0, 0.1) is 11.3 Å². The van der Waals surface area contributed by atoms with Crippen molar-refractivity contribution in [3.8, 4) is 6.07 Å². The van der Waals surface area contributed by atoms with Crippen molar-refractivity contribution >= 4 is 15.9 Å². The Kier molecular flexibility index (Phi) is 4.12. The smallest absolute Gasteiger partial charge is 0.0929 e. The van der Waals surface area contributed by atoms with Gasteiger partial charge in [-0.05, 0) is 31.5 Å². The average Bonchev–Trinajstić information content (AvgIpc) is 2.17. The van der Waals surface area contributed by atoms with Crippen molar-refractivity contribution in [1.82, 2.24) is 5.32 Å². The highest BCUT2D eigenvalue weighted by molar-refractivity contribution is 9.10. The van der Waals surface area contributed by atoms with E-state index in [1.54, 1.807) is 0 Å². The Hall–Kier alpha value is -0.850. The third-order valence-electron chi connectivity index (χ3n) is 2.04. The van der Waals surface area contributed by atoms with Crippen LogP contribution in [0.2, 0.25) is 0 Å². The van der Waals surface area contributed by atoms with Crippen LogP contribution in [0.5, 0.6) is 0 Å². The average molecular weight is 253 g/mol. The fourth-order valence-electron chi connectivity index (χ4n) is 1.28. The van der Waals surface area contributed by atoms with Crippen LogP contribution in [0.3, 0.4) is 0 Å². The molecule has 0 fully saturated rings. The summed E-state index contributed by atoms with van der Waals surface area (Å²) in [5.74, 6) is 0. The summed E-state index contributed by atoms with van der Waals surface area (Å²) in [6.45, 7) is 3.91. The minimum Gasteiger partial charge on any atom is -0.296 e. The molecule has 0 aliphatic heterocycles. The van der Waals surface area contributed by atoms with Gasteiger partial charge in [0, 0.05) is 10.5 Å². The molecule has 14 heavy (non-hydrogen) atoms. The molecule has 0 saturated heterocycles. The highest BCUT2D eigenvalue weighted by Crippen LogP contribution is 2.17. The van der Waals surface area contributed by atoms with Gasteiger partial charge in [-0.25, -0.2) is 0 Å². The second kappa shape index (κ2) is 5.14. The highest BCUT2D eigenvalue weighted by Gasteiger charge is 2.08. The second-order valence-electron chi connectivity index (χ2n) is 3.29. The molecule has 1 unspecified atom stereocenters. The number of rotatable bonds is 3. The van der Waals surface area contributed by atoms with Gasteiger partial charge in [0.25, 0.3) is 0 Å². The fraction of sp³-hybridized carbons (Fsp3) is 0.364. The number of hydrogen-bond donors (Lipinski definition) is 1. The summed E-state index contributed by atoms with van der Waals surface area (Å²) in [4.78, 5) is 0. The van der Waals surface area contributed by atoms with Crippen molar-refractivity contribution in [3.63, 3.8) is 0 Å². The van der Waals surface area contributed by atoms with Crippen LogP contribution in [0.25, 0.3) is 0 Å². The fourth-order valence-corrected chi connectivity index (χ4v) is 1.70. The molecule has 0 radical (unpaired) electrons. The number of halogens is 1. The van der Waals surface area contributed by atoms with Crippen molar-refractivity contribution in [3.05, 3.63) is 34.3 Å². The highest BCUT2D eigenvalue weighted by atomic mass is 79.9. The molecule has 1 rings (SSSR count). The van der Waals surface area contributed by atoms with Crippen molar-refractivity contribution in [2.24, 2.45) is 0 Å². The molecular formula is C11H13BrN2. The van der Waals surface area contributed by atoms with Gasteiger partial charge in [0.15, 0.2) is 0 Å². The van der Waals surface area contributed by atoms with Gasteiger partial charge in [-0.1, -0.05) is 28.1 Å². The van der Waals surface area contributed by atoms with Crippen LogP contribution in [0.15, 0.2) is 28.7 Å². The van der Waals surface area contributed by atoms with Crippen LogP contribution < -0.4 is 5.32 Å². The number of nitriles is 1. The largest absolute Gasteiger partial charge is 0.296 e. The van der Waals surface area contributed by atoms with Crippen LogP contribution >= 0.6 is 15.9 Å². The zero-order valence-electron chi connectivity index (χ0n) is 8.29. The van der Waals surface area contributed by atoms with Crippen LogP contribution in [-0.2, 0) is 0 Å². The molecule has 2 atom stereocenters. The van der Waals surface area contributed by atoms with Crippen molar-refractivity contribution < 1.29 is 0 Å². The first-order valence-corrected chi connectivity index (χ1v) is 5.34. The number of benzene rings is 1. The summed E-state index contributed by atoms with van der Waals surface area (Å²) in [5.41, 5.74) is 1.18. The summed E-state index contributed by atoms with van der Waals surface area (Å²) in [5, 5.41) is 11.9. The molecule has 0 saturated carbocycles. The molecule has 1 aromatic carbocycles. The molecule has 0 bridgehead atoms.